The van der Waals surface area contributed by atoms with Crippen LogP contribution in [0.4, 0.5) is 13.2 Å². The predicted molar refractivity (Wildman–Crippen MR) is 85.6 cm³/mol. The molecule has 2 N–H and O–H groups in total. The van der Waals surface area contributed by atoms with E-state index in [1.54, 1.807) is 6.07 Å². The van der Waals surface area contributed by atoms with Gasteiger partial charge in [-0.15, -0.1) is 0 Å². The summed E-state index contributed by atoms with van der Waals surface area (Å²) in [5.41, 5.74) is -1.35. The van der Waals surface area contributed by atoms with Crippen LogP contribution < -0.4 is 10.6 Å². The first-order chi connectivity index (χ1) is 12.0. The molecule has 0 bridgehead atoms. The summed E-state index contributed by atoms with van der Waals surface area (Å²) in [5, 5.41) is 11.2. The largest absolute Gasteiger partial charge is 0.416 e. The topological polar surface area (TPSA) is 116 Å². The van der Waals surface area contributed by atoms with Crippen LogP contribution in [-0.4, -0.2) is 44.8 Å². The van der Waals surface area contributed by atoms with Crippen molar-refractivity contribution < 1.29 is 31.2 Å². The monoisotopic (exact) mass is 391 g/mol. The molecule has 0 saturated heterocycles. The summed E-state index contributed by atoms with van der Waals surface area (Å²) in [6.45, 7) is -0.685. The molecule has 0 radical (unpaired) electrons. The van der Waals surface area contributed by atoms with E-state index in [4.69, 9.17) is 5.26 Å². The average Bonchev–Trinajstić information content (AvgIpc) is 2.53. The molecule has 0 aromatic heterocycles. The van der Waals surface area contributed by atoms with E-state index in [1.165, 1.54) is 0 Å². The number of carbonyl (C=O) groups excluding carboxylic acids is 2. The number of hydrogen-bond donors (Lipinski definition) is 2. The number of alkyl halides is 3. The fourth-order valence-electron chi connectivity index (χ4n) is 1.92. The van der Waals surface area contributed by atoms with Gasteiger partial charge in [-0.1, -0.05) is 6.07 Å². The zero-order valence-corrected chi connectivity index (χ0v) is 14.4. The standard InChI is InChI=1S/C15H16F3N3O4S/c1-26(24,25)12(14(23)20-7-3-6-19)9-21-13(22)10-4-2-5-11(8-10)15(16,17)18/h2,4-5,8,12H,3,7,9H2,1H3,(H,20,23)(H,21,22). The van der Waals surface area contributed by atoms with Crippen LogP contribution in [-0.2, 0) is 20.8 Å². The molecule has 1 aromatic carbocycles. The Bertz CT molecular complexity index is 816. The zero-order valence-electron chi connectivity index (χ0n) is 13.6. The molecule has 0 aliphatic rings. The first-order valence-corrected chi connectivity index (χ1v) is 9.21. The molecule has 142 valence electrons. The van der Waals surface area contributed by atoms with E-state index < -0.39 is 45.2 Å². The molecular formula is C15H16F3N3O4S. The van der Waals surface area contributed by atoms with Crippen LogP contribution in [0.25, 0.3) is 0 Å². The third-order valence-electron chi connectivity index (χ3n) is 3.25. The lowest BCUT2D eigenvalue weighted by molar-refractivity contribution is -0.137. The van der Waals surface area contributed by atoms with Crippen molar-refractivity contribution in [2.45, 2.75) is 17.8 Å². The third-order valence-corrected chi connectivity index (χ3v) is 4.66. The summed E-state index contributed by atoms with van der Waals surface area (Å²) in [4.78, 5) is 23.9. The van der Waals surface area contributed by atoms with Crippen molar-refractivity contribution in [3.05, 3.63) is 35.4 Å². The van der Waals surface area contributed by atoms with Gasteiger partial charge in [-0.25, -0.2) is 8.42 Å². The van der Waals surface area contributed by atoms with Crippen molar-refractivity contribution in [2.24, 2.45) is 0 Å². The lowest BCUT2D eigenvalue weighted by Gasteiger charge is -2.16. The Hall–Kier alpha value is -2.61. The molecule has 0 spiro atoms. The second-order valence-electron chi connectivity index (χ2n) is 5.31. The Morgan fingerprint density at radius 3 is 2.46 bits per heavy atom. The summed E-state index contributed by atoms with van der Waals surface area (Å²) in [7, 11) is -3.90. The summed E-state index contributed by atoms with van der Waals surface area (Å²) >= 11 is 0. The Morgan fingerprint density at radius 2 is 1.92 bits per heavy atom. The Morgan fingerprint density at radius 1 is 1.27 bits per heavy atom. The molecule has 0 aliphatic heterocycles. The van der Waals surface area contributed by atoms with Gasteiger partial charge in [-0.3, -0.25) is 9.59 Å². The van der Waals surface area contributed by atoms with Crippen LogP contribution in [0.5, 0.6) is 0 Å². The zero-order chi connectivity index (χ0) is 20.0. The van der Waals surface area contributed by atoms with Gasteiger partial charge in [0.25, 0.3) is 5.91 Å². The normalized spacial score (nSPS) is 12.7. The number of nitrogens with zero attached hydrogens (tertiary/aromatic N) is 1. The minimum atomic E-state index is -4.63. The Labute approximate surface area is 148 Å². The average molecular weight is 391 g/mol. The molecule has 7 nitrogen and oxygen atoms in total. The fraction of sp³-hybridized carbons (Fsp3) is 0.400. The van der Waals surface area contributed by atoms with Gasteiger partial charge in [0.2, 0.25) is 5.91 Å². The van der Waals surface area contributed by atoms with Gasteiger partial charge in [0.05, 0.1) is 18.1 Å². The molecule has 0 aliphatic carbocycles. The number of nitrogens with one attached hydrogen (secondary N) is 2. The molecule has 2 amide bonds. The van der Waals surface area contributed by atoms with E-state index in [9.17, 15) is 31.2 Å². The maximum Gasteiger partial charge on any atom is 0.416 e. The SMILES string of the molecule is CS(=O)(=O)C(CNC(=O)c1cccc(C(F)(F)F)c1)C(=O)NCCC#N. The molecular weight excluding hydrogens is 375 g/mol. The smallest absolute Gasteiger partial charge is 0.354 e. The van der Waals surface area contributed by atoms with E-state index in [0.717, 1.165) is 24.5 Å². The van der Waals surface area contributed by atoms with Crippen LogP contribution in [0.15, 0.2) is 24.3 Å². The minimum absolute atomic E-state index is 0.0290. The highest BCUT2D eigenvalue weighted by molar-refractivity contribution is 7.92. The van der Waals surface area contributed by atoms with E-state index in [0.29, 0.717) is 6.07 Å². The third kappa shape index (κ3) is 6.36. The van der Waals surface area contributed by atoms with Crippen LogP contribution in [0.1, 0.15) is 22.3 Å². The molecule has 11 heteroatoms. The fourth-order valence-corrected chi connectivity index (χ4v) is 2.78. The number of carbonyl (C=O) groups is 2. The number of benzene rings is 1. The van der Waals surface area contributed by atoms with Gasteiger partial charge >= 0.3 is 6.18 Å². The van der Waals surface area contributed by atoms with Crippen molar-refractivity contribution in [1.29, 1.82) is 5.26 Å². The Balaban J connectivity index is 2.85. The number of hydrogen-bond acceptors (Lipinski definition) is 5. The highest BCUT2D eigenvalue weighted by Crippen LogP contribution is 2.29. The van der Waals surface area contributed by atoms with Crippen LogP contribution in [0.2, 0.25) is 0 Å². The molecule has 1 rings (SSSR count). The maximum absolute atomic E-state index is 12.7. The van der Waals surface area contributed by atoms with Crippen molar-refractivity contribution in [3.8, 4) is 6.07 Å². The van der Waals surface area contributed by atoms with Gasteiger partial charge < -0.3 is 10.6 Å². The molecule has 0 heterocycles. The second-order valence-corrected chi connectivity index (χ2v) is 7.53. The molecule has 26 heavy (non-hydrogen) atoms. The minimum Gasteiger partial charge on any atom is -0.354 e. The van der Waals surface area contributed by atoms with Crippen molar-refractivity contribution in [1.82, 2.24) is 10.6 Å². The number of rotatable bonds is 7. The van der Waals surface area contributed by atoms with Crippen molar-refractivity contribution in [3.63, 3.8) is 0 Å². The van der Waals surface area contributed by atoms with Gasteiger partial charge in [0.1, 0.15) is 0 Å². The maximum atomic E-state index is 12.7. The quantitative estimate of drug-likeness (QED) is 0.670. The second kappa shape index (κ2) is 8.66. The number of sulfone groups is 1. The predicted octanol–water partition coefficient (Wildman–Crippen LogP) is 0.878. The van der Waals surface area contributed by atoms with Gasteiger partial charge in [0.15, 0.2) is 15.1 Å². The summed E-state index contributed by atoms with van der Waals surface area (Å²) in [6.07, 6.45) is -3.87. The molecule has 1 aromatic rings. The summed E-state index contributed by atoms with van der Waals surface area (Å²) in [6, 6.07) is 5.35. The molecule has 1 unspecified atom stereocenters. The van der Waals surface area contributed by atoms with Gasteiger partial charge in [-0.2, -0.15) is 18.4 Å². The van der Waals surface area contributed by atoms with Gasteiger partial charge in [0, 0.05) is 24.9 Å². The van der Waals surface area contributed by atoms with Gasteiger partial charge in [-0.05, 0) is 18.2 Å². The van der Waals surface area contributed by atoms with E-state index >= 15 is 0 Å². The first-order valence-electron chi connectivity index (χ1n) is 7.26. The van der Waals surface area contributed by atoms with E-state index in [-0.39, 0.29) is 18.5 Å². The van der Waals surface area contributed by atoms with Crippen LogP contribution in [0, 0.1) is 11.3 Å². The lowest BCUT2D eigenvalue weighted by atomic mass is 10.1. The number of halogens is 3. The lowest BCUT2D eigenvalue weighted by Crippen LogP contribution is -2.47. The molecule has 0 fully saturated rings. The summed E-state index contributed by atoms with van der Waals surface area (Å²) in [5.74, 6) is -1.86. The Kier molecular flexibility index (Phi) is 7.14. The van der Waals surface area contributed by atoms with Crippen molar-refractivity contribution >= 4 is 21.7 Å². The molecule has 1 atom stereocenters. The number of amides is 2. The number of nitriles is 1. The van der Waals surface area contributed by atoms with Crippen LogP contribution in [0.3, 0.4) is 0 Å². The van der Waals surface area contributed by atoms with Crippen LogP contribution >= 0.6 is 0 Å². The highest BCUT2D eigenvalue weighted by Gasteiger charge is 2.32. The van der Waals surface area contributed by atoms with Crippen molar-refractivity contribution in [2.75, 3.05) is 19.3 Å². The molecule has 0 saturated carbocycles. The van der Waals surface area contributed by atoms with E-state index in [1.807, 2.05) is 0 Å². The first kappa shape index (κ1) is 21.4. The highest BCUT2D eigenvalue weighted by atomic mass is 32.2. The van der Waals surface area contributed by atoms with E-state index in [2.05, 4.69) is 10.6 Å². The summed E-state index contributed by atoms with van der Waals surface area (Å²) < 4.78 is 61.4.